The van der Waals surface area contributed by atoms with E-state index in [1.54, 1.807) is 11.0 Å². The van der Waals surface area contributed by atoms with Gasteiger partial charge < -0.3 is 9.64 Å². The summed E-state index contributed by atoms with van der Waals surface area (Å²) in [6.45, 7) is 2.55. The third-order valence-corrected chi connectivity index (χ3v) is 5.38. The molecule has 0 spiro atoms. The lowest BCUT2D eigenvalue weighted by Crippen LogP contribution is -2.46. The highest BCUT2D eigenvalue weighted by atomic mass is 32.2. The van der Waals surface area contributed by atoms with Crippen LogP contribution in [0.25, 0.3) is 0 Å². The van der Waals surface area contributed by atoms with Crippen LogP contribution >= 0.6 is 0 Å². The standard InChI is InChI=1S/C16H19NO4S/c1-12-4-6-13(7-5-12)17(14-8-10-22(19,20)11-14)16(18)15-3-2-9-21-15/h4-8,10,14-15H,2-3,9,11H2,1H3/t14-,15-/m0/s1. The van der Waals surface area contributed by atoms with E-state index in [2.05, 4.69) is 0 Å². The first-order valence-electron chi connectivity index (χ1n) is 7.38. The summed E-state index contributed by atoms with van der Waals surface area (Å²) in [6.07, 6.45) is 2.65. The van der Waals surface area contributed by atoms with Gasteiger partial charge in [0.05, 0.1) is 11.8 Å². The van der Waals surface area contributed by atoms with E-state index < -0.39 is 22.0 Å². The van der Waals surface area contributed by atoms with Crippen LogP contribution in [0, 0.1) is 6.92 Å². The number of hydrogen-bond donors (Lipinski definition) is 0. The van der Waals surface area contributed by atoms with E-state index >= 15 is 0 Å². The smallest absolute Gasteiger partial charge is 0.256 e. The lowest BCUT2D eigenvalue weighted by molar-refractivity contribution is -0.127. The molecular formula is C16H19NO4S. The topological polar surface area (TPSA) is 63.7 Å². The van der Waals surface area contributed by atoms with Crippen LogP contribution in [-0.4, -0.2) is 38.8 Å². The van der Waals surface area contributed by atoms with Crippen molar-refractivity contribution in [3.05, 3.63) is 41.3 Å². The van der Waals surface area contributed by atoms with Crippen molar-refractivity contribution in [3.8, 4) is 0 Å². The number of ether oxygens (including phenoxy) is 1. The molecule has 118 valence electrons. The van der Waals surface area contributed by atoms with Gasteiger partial charge in [0.2, 0.25) is 0 Å². The van der Waals surface area contributed by atoms with Crippen molar-refractivity contribution in [2.45, 2.75) is 31.9 Å². The minimum absolute atomic E-state index is 0.0701. The predicted molar refractivity (Wildman–Crippen MR) is 84.4 cm³/mol. The quantitative estimate of drug-likeness (QED) is 0.852. The number of sulfone groups is 1. The molecule has 1 amide bonds. The summed E-state index contributed by atoms with van der Waals surface area (Å²) in [5.41, 5.74) is 1.79. The van der Waals surface area contributed by atoms with E-state index in [9.17, 15) is 13.2 Å². The molecule has 0 bridgehead atoms. The Balaban J connectivity index is 1.93. The van der Waals surface area contributed by atoms with Crippen molar-refractivity contribution in [3.63, 3.8) is 0 Å². The first-order valence-corrected chi connectivity index (χ1v) is 9.10. The molecule has 1 fully saturated rings. The molecule has 0 aliphatic carbocycles. The van der Waals surface area contributed by atoms with Gasteiger partial charge in [0.25, 0.3) is 5.91 Å². The van der Waals surface area contributed by atoms with Gasteiger partial charge in [-0.15, -0.1) is 0 Å². The monoisotopic (exact) mass is 321 g/mol. The molecule has 5 nitrogen and oxygen atoms in total. The van der Waals surface area contributed by atoms with Gasteiger partial charge in [-0.2, -0.15) is 0 Å². The fourth-order valence-corrected chi connectivity index (χ4v) is 4.10. The third kappa shape index (κ3) is 3.08. The summed E-state index contributed by atoms with van der Waals surface area (Å²) < 4.78 is 28.9. The number of amides is 1. The third-order valence-electron chi connectivity index (χ3n) is 4.00. The summed E-state index contributed by atoms with van der Waals surface area (Å²) in [5.74, 6) is -0.229. The molecule has 2 aliphatic heterocycles. The maximum Gasteiger partial charge on any atom is 0.256 e. The van der Waals surface area contributed by atoms with Gasteiger partial charge >= 0.3 is 0 Å². The number of anilines is 1. The van der Waals surface area contributed by atoms with Crippen LogP contribution in [0.5, 0.6) is 0 Å². The number of aryl methyl sites for hydroxylation is 1. The van der Waals surface area contributed by atoms with Crippen LogP contribution in [0.4, 0.5) is 5.69 Å². The van der Waals surface area contributed by atoms with E-state index in [4.69, 9.17) is 4.74 Å². The number of carbonyl (C=O) groups excluding carboxylic acids is 1. The van der Waals surface area contributed by atoms with Crippen molar-refractivity contribution in [2.24, 2.45) is 0 Å². The molecule has 1 saturated heterocycles. The molecule has 0 radical (unpaired) electrons. The first kappa shape index (κ1) is 15.2. The Bertz CT molecular complexity index is 687. The molecule has 1 aromatic rings. The zero-order valence-electron chi connectivity index (χ0n) is 12.4. The molecule has 0 N–H and O–H groups in total. The summed E-state index contributed by atoms with van der Waals surface area (Å²) in [4.78, 5) is 14.4. The summed E-state index contributed by atoms with van der Waals surface area (Å²) in [6, 6.07) is 7.06. The van der Waals surface area contributed by atoms with Crippen molar-refractivity contribution < 1.29 is 17.9 Å². The second-order valence-electron chi connectivity index (χ2n) is 5.77. The van der Waals surface area contributed by atoms with Crippen LogP contribution in [0.15, 0.2) is 35.7 Å². The zero-order valence-corrected chi connectivity index (χ0v) is 13.3. The number of hydrogen-bond acceptors (Lipinski definition) is 4. The zero-order chi connectivity index (χ0) is 15.7. The Morgan fingerprint density at radius 2 is 2.00 bits per heavy atom. The van der Waals surface area contributed by atoms with Crippen molar-refractivity contribution in [2.75, 3.05) is 17.3 Å². The highest BCUT2D eigenvalue weighted by Gasteiger charge is 2.36. The van der Waals surface area contributed by atoms with Crippen LogP contribution < -0.4 is 4.90 Å². The molecule has 6 heteroatoms. The highest BCUT2D eigenvalue weighted by Crippen LogP contribution is 2.26. The molecule has 2 aliphatic rings. The van der Waals surface area contributed by atoms with Gasteiger partial charge in [-0.05, 0) is 38.0 Å². The van der Waals surface area contributed by atoms with E-state index in [1.807, 2.05) is 31.2 Å². The minimum atomic E-state index is -3.23. The lowest BCUT2D eigenvalue weighted by Gasteiger charge is -2.29. The van der Waals surface area contributed by atoms with Gasteiger partial charge in [0.1, 0.15) is 6.10 Å². The fraction of sp³-hybridized carbons (Fsp3) is 0.438. The lowest BCUT2D eigenvalue weighted by atomic mass is 10.1. The average Bonchev–Trinajstić information content (AvgIpc) is 3.11. The summed E-state index contributed by atoms with van der Waals surface area (Å²) in [7, 11) is -3.23. The first-order chi connectivity index (χ1) is 10.5. The molecule has 1 aromatic carbocycles. The van der Waals surface area contributed by atoms with Crippen LogP contribution in [-0.2, 0) is 19.4 Å². The van der Waals surface area contributed by atoms with Gasteiger partial charge in [-0.3, -0.25) is 4.79 Å². The molecule has 0 unspecified atom stereocenters. The number of rotatable bonds is 3. The summed E-state index contributed by atoms with van der Waals surface area (Å²) >= 11 is 0. The van der Waals surface area contributed by atoms with Crippen LogP contribution in [0.2, 0.25) is 0 Å². The fourth-order valence-electron chi connectivity index (χ4n) is 2.84. The Kier molecular flexibility index (Phi) is 4.06. The van der Waals surface area contributed by atoms with E-state index in [-0.39, 0.29) is 11.7 Å². The molecule has 3 rings (SSSR count). The van der Waals surface area contributed by atoms with Gasteiger partial charge in [-0.1, -0.05) is 17.7 Å². The average molecular weight is 321 g/mol. The van der Waals surface area contributed by atoms with E-state index in [0.29, 0.717) is 18.7 Å². The highest BCUT2D eigenvalue weighted by molar-refractivity contribution is 7.94. The van der Waals surface area contributed by atoms with Crippen LogP contribution in [0.3, 0.4) is 0 Å². The second-order valence-corrected chi connectivity index (χ2v) is 7.70. The second kappa shape index (κ2) is 5.85. The minimum Gasteiger partial charge on any atom is -0.368 e. The maximum atomic E-state index is 12.8. The molecule has 2 heterocycles. The van der Waals surface area contributed by atoms with E-state index in [1.165, 1.54) is 5.41 Å². The Hall–Kier alpha value is -1.66. The Morgan fingerprint density at radius 1 is 1.27 bits per heavy atom. The van der Waals surface area contributed by atoms with Gasteiger partial charge in [0, 0.05) is 17.7 Å². The molecule has 22 heavy (non-hydrogen) atoms. The molecule has 0 aromatic heterocycles. The number of carbonyl (C=O) groups is 1. The molecule has 2 atom stereocenters. The Labute approximate surface area is 130 Å². The normalized spacial score (nSPS) is 26.2. The maximum absolute atomic E-state index is 12.8. The molecule has 0 saturated carbocycles. The SMILES string of the molecule is Cc1ccc(N(C(=O)[C@@H]2CCCO2)[C@H]2C=CS(=O)(=O)C2)cc1. The number of benzene rings is 1. The van der Waals surface area contributed by atoms with Crippen molar-refractivity contribution in [1.82, 2.24) is 0 Å². The molecular weight excluding hydrogens is 302 g/mol. The van der Waals surface area contributed by atoms with Crippen molar-refractivity contribution >= 4 is 21.4 Å². The van der Waals surface area contributed by atoms with Crippen molar-refractivity contribution in [1.29, 1.82) is 0 Å². The van der Waals surface area contributed by atoms with Gasteiger partial charge in [0.15, 0.2) is 9.84 Å². The summed E-state index contributed by atoms with van der Waals surface area (Å²) in [5, 5.41) is 1.20. The predicted octanol–water partition coefficient (Wildman–Crippen LogP) is 1.82. The Morgan fingerprint density at radius 3 is 2.55 bits per heavy atom. The van der Waals surface area contributed by atoms with Gasteiger partial charge in [-0.25, -0.2) is 8.42 Å². The van der Waals surface area contributed by atoms with E-state index in [0.717, 1.165) is 12.0 Å². The number of nitrogens with zero attached hydrogens (tertiary/aromatic N) is 1. The largest absolute Gasteiger partial charge is 0.368 e. The van der Waals surface area contributed by atoms with Crippen LogP contribution in [0.1, 0.15) is 18.4 Å².